The zero-order valence-corrected chi connectivity index (χ0v) is 41.3. The minimum Gasteiger partial charge on any atom is -0.465 e. The van der Waals surface area contributed by atoms with Crippen molar-refractivity contribution in [2.45, 2.75) is 146 Å². The highest BCUT2D eigenvalue weighted by molar-refractivity contribution is 6.99. The Morgan fingerprint density at radius 1 is 0.625 bits per heavy atom. The van der Waals surface area contributed by atoms with Crippen molar-refractivity contribution in [3.05, 3.63) is 134 Å². The van der Waals surface area contributed by atoms with Crippen LogP contribution in [0.5, 0.6) is 0 Å². The average molecular weight is 905 g/mol. The van der Waals surface area contributed by atoms with Gasteiger partial charge < -0.3 is 33.6 Å². The number of esters is 1. The van der Waals surface area contributed by atoms with Gasteiger partial charge in [0, 0.05) is 24.7 Å². The third-order valence-electron chi connectivity index (χ3n) is 14.8. The van der Waals surface area contributed by atoms with E-state index in [0.29, 0.717) is 25.7 Å². The molecular formula is C54H72O8Si2. The van der Waals surface area contributed by atoms with E-state index in [-0.39, 0.29) is 48.8 Å². The second-order valence-corrected chi connectivity index (χ2v) is 29.3. The Hall–Kier alpha value is -3.72. The summed E-state index contributed by atoms with van der Waals surface area (Å²) in [7, 11) is -6.95. The molecule has 9 atom stereocenters. The maximum Gasteiger partial charge on any atom is 0.311 e. The average Bonchev–Trinajstić information content (AvgIpc) is 3.60. The summed E-state index contributed by atoms with van der Waals surface area (Å²) in [5.41, 5.74) is -1.83. The van der Waals surface area contributed by atoms with Gasteiger partial charge in [0.2, 0.25) is 0 Å². The van der Waals surface area contributed by atoms with Crippen LogP contribution < -0.4 is 20.7 Å². The Morgan fingerprint density at radius 2 is 1.05 bits per heavy atom. The first-order valence-electron chi connectivity index (χ1n) is 23.4. The predicted molar refractivity (Wildman–Crippen MR) is 260 cm³/mol. The van der Waals surface area contributed by atoms with Crippen LogP contribution in [0.15, 0.2) is 134 Å². The third kappa shape index (κ3) is 9.58. The van der Waals surface area contributed by atoms with Crippen molar-refractivity contribution in [1.29, 1.82) is 0 Å². The zero-order valence-electron chi connectivity index (χ0n) is 39.3. The fourth-order valence-corrected chi connectivity index (χ4v) is 18.7. The van der Waals surface area contributed by atoms with Crippen LogP contribution in [0.2, 0.25) is 10.1 Å². The molecule has 0 spiro atoms. The van der Waals surface area contributed by atoms with Crippen molar-refractivity contribution in [3.8, 4) is 0 Å². The monoisotopic (exact) mass is 904 g/mol. The van der Waals surface area contributed by atoms with Gasteiger partial charge in [-0.05, 0) is 84.2 Å². The number of aliphatic hydroxyl groups is 1. The van der Waals surface area contributed by atoms with Crippen molar-refractivity contribution in [2.75, 3.05) is 6.61 Å². The molecule has 3 fully saturated rings. The van der Waals surface area contributed by atoms with Crippen LogP contribution in [0.4, 0.5) is 0 Å². The lowest BCUT2D eigenvalue weighted by molar-refractivity contribution is -0.244. The van der Waals surface area contributed by atoms with Gasteiger partial charge >= 0.3 is 5.97 Å². The minimum atomic E-state index is -3.49. The fraction of sp³-hybridized carbons (Fsp3) is 0.500. The second kappa shape index (κ2) is 18.9. The number of benzene rings is 4. The highest BCUT2D eigenvalue weighted by Gasteiger charge is 2.63. The quantitative estimate of drug-likeness (QED) is 0.0604. The molecule has 7 rings (SSSR count). The summed E-state index contributed by atoms with van der Waals surface area (Å²) in [5, 5.41) is 14.2. The first-order valence-corrected chi connectivity index (χ1v) is 27.3. The number of ether oxygens (including phenoxy) is 4. The van der Waals surface area contributed by atoms with Crippen LogP contribution in [-0.4, -0.2) is 86.1 Å². The molecule has 3 aliphatic heterocycles. The molecule has 8 nitrogen and oxygen atoms in total. The number of carbonyl (C=O) groups excluding carboxylic acids is 1. The number of hydrogen-bond donors (Lipinski definition) is 3. The van der Waals surface area contributed by atoms with Gasteiger partial charge in [0.25, 0.3) is 16.6 Å². The Balaban J connectivity index is 1.30. The molecule has 4 aromatic carbocycles. The van der Waals surface area contributed by atoms with E-state index in [9.17, 15) is 19.5 Å². The predicted octanol–water partition coefficient (Wildman–Crippen LogP) is 7.45. The fourth-order valence-electron chi connectivity index (χ4n) is 11.1. The van der Waals surface area contributed by atoms with Crippen molar-refractivity contribution in [1.82, 2.24) is 0 Å². The van der Waals surface area contributed by atoms with Gasteiger partial charge in [0.15, 0.2) is 0 Å². The van der Waals surface area contributed by atoms with Crippen LogP contribution in [0, 0.1) is 17.3 Å². The Morgan fingerprint density at radius 3 is 1.47 bits per heavy atom. The van der Waals surface area contributed by atoms with E-state index in [4.69, 9.17) is 18.9 Å². The standard InChI is InChI=1S/C54H72O8Si2/c1-10-54(9,56)37-46-43(35-52(5,6)63(57,39-23-15-11-16-24-39)40-25-17-12-18-26-40)48-49(62-46)44(47-45(61-48)32-31-38(60-47)33-34-59-50(55)51(2,3)4)36-53(7,8)64(58,41-27-19-13-20-28-41)42-29-21-14-22-30-42/h10-30,38,43-49,56-58H,1,31-37H2,2-9H3/t38?,43?,44?,45?,46?,47-,48+,49?,54?/m1/s1. The molecule has 64 heavy (non-hydrogen) atoms. The molecule has 7 unspecified atom stereocenters. The van der Waals surface area contributed by atoms with Crippen molar-refractivity contribution < 1.29 is 38.4 Å². The molecule has 0 saturated carbocycles. The van der Waals surface area contributed by atoms with E-state index in [2.05, 4.69) is 82.8 Å². The van der Waals surface area contributed by atoms with Crippen LogP contribution >= 0.6 is 0 Å². The normalized spacial score (nSPS) is 26.3. The SMILES string of the molecule is C=CC(C)(O)CC1OC2C(CC(C)(C)[Si](O)(c3ccccc3)c3ccccc3)[C@H]3OC(CCOC(=O)C(C)(C)C)CCC3O[C@H]2C1CC(C)(C)[Si](O)(c1ccccc1)c1ccccc1. The Kier molecular flexibility index (Phi) is 14.2. The number of rotatable bonds is 16. The topological polar surface area (TPSA) is 115 Å². The lowest BCUT2D eigenvalue weighted by atomic mass is 9.74. The molecule has 3 N–H and O–H groups in total. The van der Waals surface area contributed by atoms with Gasteiger partial charge in [-0.15, -0.1) is 6.58 Å². The smallest absolute Gasteiger partial charge is 0.311 e. The molecule has 4 aromatic rings. The molecule has 10 heteroatoms. The zero-order chi connectivity index (χ0) is 46.1. The Labute approximate surface area is 384 Å². The van der Waals surface area contributed by atoms with Crippen molar-refractivity contribution >= 4 is 43.4 Å². The molecule has 3 aliphatic rings. The van der Waals surface area contributed by atoms with Crippen molar-refractivity contribution in [2.24, 2.45) is 17.3 Å². The number of fused-ring (bicyclic) bond motifs is 2. The maximum absolute atomic E-state index is 13.5. The summed E-state index contributed by atoms with van der Waals surface area (Å²) >= 11 is 0. The third-order valence-corrected chi connectivity index (χ3v) is 23.8. The van der Waals surface area contributed by atoms with Gasteiger partial charge in [0.05, 0.1) is 54.2 Å². The summed E-state index contributed by atoms with van der Waals surface area (Å²) in [6, 6.07) is 40.4. The van der Waals surface area contributed by atoms with Gasteiger partial charge in [-0.25, -0.2) is 0 Å². The van der Waals surface area contributed by atoms with E-state index in [1.807, 2.05) is 93.6 Å². The molecule has 3 saturated heterocycles. The second-order valence-electron chi connectivity index (χ2n) is 21.4. The molecular weight excluding hydrogens is 833 g/mol. The first kappa shape index (κ1) is 48.2. The number of carbonyl (C=O) groups is 1. The Bertz CT molecular complexity index is 2080. The van der Waals surface area contributed by atoms with E-state index in [0.717, 1.165) is 33.6 Å². The number of hydrogen-bond acceptors (Lipinski definition) is 8. The van der Waals surface area contributed by atoms with Crippen LogP contribution in [0.25, 0.3) is 0 Å². The highest BCUT2D eigenvalue weighted by Crippen LogP contribution is 2.55. The van der Waals surface area contributed by atoms with Crippen LogP contribution in [0.1, 0.15) is 93.9 Å². The first-order chi connectivity index (χ1) is 30.2. The van der Waals surface area contributed by atoms with Gasteiger partial charge in [-0.3, -0.25) is 4.79 Å². The van der Waals surface area contributed by atoms with E-state index < -0.39 is 49.9 Å². The van der Waals surface area contributed by atoms with Crippen LogP contribution in [0.3, 0.4) is 0 Å². The van der Waals surface area contributed by atoms with E-state index in [1.165, 1.54) is 0 Å². The minimum absolute atomic E-state index is 0.162. The lowest BCUT2D eigenvalue weighted by Crippen LogP contribution is -2.67. The summed E-state index contributed by atoms with van der Waals surface area (Å²) in [4.78, 5) is 39.6. The molecule has 344 valence electrons. The molecule has 0 aromatic heterocycles. The van der Waals surface area contributed by atoms with Gasteiger partial charge in [-0.1, -0.05) is 155 Å². The highest BCUT2D eigenvalue weighted by atomic mass is 28.4. The summed E-state index contributed by atoms with van der Waals surface area (Å²) < 4.78 is 27.6. The summed E-state index contributed by atoms with van der Waals surface area (Å²) in [6.07, 6.45) is 3.03. The summed E-state index contributed by atoms with van der Waals surface area (Å²) in [6.45, 7) is 20.4. The molecule has 3 heterocycles. The van der Waals surface area contributed by atoms with E-state index in [1.54, 1.807) is 13.0 Å². The largest absolute Gasteiger partial charge is 0.465 e. The molecule has 0 radical (unpaired) electrons. The molecule has 0 aliphatic carbocycles. The van der Waals surface area contributed by atoms with Crippen molar-refractivity contribution in [3.63, 3.8) is 0 Å². The lowest BCUT2D eigenvalue weighted by Gasteiger charge is -2.52. The maximum atomic E-state index is 13.5. The van der Waals surface area contributed by atoms with Gasteiger partial charge in [-0.2, -0.15) is 0 Å². The summed E-state index contributed by atoms with van der Waals surface area (Å²) in [5.74, 6) is -0.660. The molecule has 0 amide bonds. The molecule has 0 bridgehead atoms. The van der Waals surface area contributed by atoms with Gasteiger partial charge in [0.1, 0.15) is 0 Å². The van der Waals surface area contributed by atoms with Crippen LogP contribution in [-0.2, 0) is 23.7 Å². The van der Waals surface area contributed by atoms with E-state index >= 15 is 0 Å².